The number of nitriles is 1. The van der Waals surface area contributed by atoms with E-state index in [1.165, 1.54) is 19.1 Å². The molecule has 1 N–H and O–H groups in total. The predicted molar refractivity (Wildman–Crippen MR) is 151 cm³/mol. The molecular formula is C31H34F3N5O3. The second-order valence-corrected chi connectivity index (χ2v) is 10.6. The van der Waals surface area contributed by atoms with Gasteiger partial charge in [-0.3, -0.25) is 14.5 Å². The Morgan fingerprint density at radius 2 is 1.69 bits per heavy atom. The fourth-order valence-electron chi connectivity index (χ4n) is 5.31. The number of hydrogen-bond acceptors (Lipinski definition) is 5. The summed E-state index contributed by atoms with van der Waals surface area (Å²) in [4.78, 5) is 43.4. The quantitative estimate of drug-likeness (QED) is 0.315. The second kappa shape index (κ2) is 13.2. The van der Waals surface area contributed by atoms with Gasteiger partial charge in [0, 0.05) is 37.3 Å². The summed E-state index contributed by atoms with van der Waals surface area (Å²) in [7, 11) is 0. The third kappa shape index (κ3) is 6.99. The lowest BCUT2D eigenvalue weighted by molar-refractivity contribution is -0.138. The number of imide groups is 1. The Hall–Kier alpha value is -4.17. The smallest absolute Gasteiger partial charge is 0.331 e. The summed E-state index contributed by atoms with van der Waals surface area (Å²) in [6.45, 7) is 7.13. The molecule has 0 radical (unpaired) electrons. The number of halogens is 3. The molecule has 2 aromatic carbocycles. The van der Waals surface area contributed by atoms with Crippen molar-refractivity contribution in [2.24, 2.45) is 0 Å². The van der Waals surface area contributed by atoms with Crippen molar-refractivity contribution in [2.45, 2.75) is 51.7 Å². The highest BCUT2D eigenvalue weighted by molar-refractivity contribution is 6.32. The van der Waals surface area contributed by atoms with E-state index in [1.54, 1.807) is 0 Å². The highest BCUT2D eigenvalue weighted by Gasteiger charge is 2.39. The molecule has 2 aromatic rings. The van der Waals surface area contributed by atoms with Crippen molar-refractivity contribution in [1.29, 1.82) is 5.26 Å². The van der Waals surface area contributed by atoms with E-state index in [0.717, 1.165) is 49.0 Å². The lowest BCUT2D eigenvalue weighted by Gasteiger charge is -2.35. The number of carbonyl (C=O) groups is 3. The number of amides is 4. The first-order valence-electron chi connectivity index (χ1n) is 14.0. The van der Waals surface area contributed by atoms with Crippen molar-refractivity contribution in [2.75, 3.05) is 37.6 Å². The lowest BCUT2D eigenvalue weighted by atomic mass is 10.0. The molecule has 1 saturated heterocycles. The van der Waals surface area contributed by atoms with Crippen molar-refractivity contribution in [3.8, 4) is 6.07 Å². The van der Waals surface area contributed by atoms with Gasteiger partial charge in [0.05, 0.1) is 28.9 Å². The third-order valence-electron chi connectivity index (χ3n) is 7.83. The number of unbranched alkanes of at least 4 members (excludes halogenated alkanes) is 2. The summed E-state index contributed by atoms with van der Waals surface area (Å²) in [6, 6.07) is 14.0. The van der Waals surface area contributed by atoms with Crippen molar-refractivity contribution in [3.05, 3.63) is 76.4 Å². The van der Waals surface area contributed by atoms with Gasteiger partial charge in [-0.05, 0) is 63.4 Å². The Morgan fingerprint density at radius 1 is 1.00 bits per heavy atom. The molecule has 1 fully saturated rings. The van der Waals surface area contributed by atoms with Crippen LogP contribution >= 0.6 is 0 Å². The van der Waals surface area contributed by atoms with Crippen LogP contribution in [-0.2, 0) is 15.8 Å². The van der Waals surface area contributed by atoms with E-state index in [-0.39, 0.29) is 23.3 Å². The number of hydrogen-bond donors (Lipinski definition) is 1. The zero-order chi connectivity index (χ0) is 30.4. The predicted octanol–water partition coefficient (Wildman–Crippen LogP) is 5.42. The summed E-state index contributed by atoms with van der Waals surface area (Å²) < 4.78 is 40.2. The standard InChI is InChI=1S/C31H34F3N5O3/c1-21-26(29(41)39(28(21)40)25-13-12-24(20-35)27(19-25)31(32,33)34)11-7-4-8-14-37-15-17-38(18-16-37)30(42)36-22(2)23-9-5-3-6-10-23/h3,5-6,9-10,12-13,19,22H,4,7-8,11,14-18H2,1-2H3,(H,36,42). The molecule has 222 valence electrons. The molecule has 0 aliphatic carbocycles. The van der Waals surface area contributed by atoms with E-state index in [4.69, 9.17) is 5.26 Å². The molecule has 42 heavy (non-hydrogen) atoms. The number of alkyl halides is 3. The molecular weight excluding hydrogens is 547 g/mol. The number of benzene rings is 2. The van der Waals surface area contributed by atoms with Crippen molar-refractivity contribution in [3.63, 3.8) is 0 Å². The maximum absolute atomic E-state index is 13.4. The number of piperazine rings is 1. The van der Waals surface area contributed by atoms with Crippen LogP contribution in [0.25, 0.3) is 0 Å². The molecule has 0 aromatic heterocycles. The van der Waals surface area contributed by atoms with Crippen LogP contribution in [0.1, 0.15) is 62.3 Å². The van der Waals surface area contributed by atoms with E-state index in [1.807, 2.05) is 42.2 Å². The van der Waals surface area contributed by atoms with Gasteiger partial charge in [0.2, 0.25) is 0 Å². The van der Waals surface area contributed by atoms with E-state index in [0.29, 0.717) is 37.6 Å². The number of nitrogens with zero attached hydrogens (tertiary/aromatic N) is 4. The van der Waals surface area contributed by atoms with Gasteiger partial charge in [-0.1, -0.05) is 36.8 Å². The highest BCUT2D eigenvalue weighted by atomic mass is 19.4. The van der Waals surface area contributed by atoms with Crippen LogP contribution in [0.5, 0.6) is 0 Å². The molecule has 11 heteroatoms. The van der Waals surface area contributed by atoms with Crippen molar-refractivity contribution in [1.82, 2.24) is 15.1 Å². The van der Waals surface area contributed by atoms with Crippen LogP contribution in [0.3, 0.4) is 0 Å². The van der Waals surface area contributed by atoms with E-state index < -0.39 is 29.1 Å². The molecule has 4 amide bonds. The second-order valence-electron chi connectivity index (χ2n) is 10.6. The maximum Gasteiger partial charge on any atom is 0.417 e. The Bertz CT molecular complexity index is 1390. The van der Waals surface area contributed by atoms with Gasteiger partial charge in [0.25, 0.3) is 11.8 Å². The molecule has 8 nitrogen and oxygen atoms in total. The Labute approximate surface area is 243 Å². The topological polar surface area (TPSA) is 96.8 Å². The largest absolute Gasteiger partial charge is 0.417 e. The van der Waals surface area contributed by atoms with Crippen LogP contribution in [0.4, 0.5) is 23.7 Å². The van der Waals surface area contributed by atoms with Gasteiger partial charge in [-0.15, -0.1) is 0 Å². The summed E-state index contributed by atoms with van der Waals surface area (Å²) in [5, 5.41) is 12.1. The molecule has 1 atom stereocenters. The molecule has 2 aliphatic rings. The average Bonchev–Trinajstić information content (AvgIpc) is 3.19. The van der Waals surface area contributed by atoms with Gasteiger partial charge in [0.15, 0.2) is 0 Å². The minimum Gasteiger partial charge on any atom is -0.331 e. The highest BCUT2D eigenvalue weighted by Crippen LogP contribution is 2.37. The monoisotopic (exact) mass is 581 g/mol. The molecule has 0 bridgehead atoms. The molecule has 2 heterocycles. The summed E-state index contributed by atoms with van der Waals surface area (Å²) in [5.41, 5.74) is -0.365. The number of rotatable bonds is 9. The van der Waals surface area contributed by atoms with Crippen molar-refractivity contribution < 1.29 is 27.6 Å². The molecule has 0 saturated carbocycles. The first kappa shape index (κ1) is 30.8. The van der Waals surface area contributed by atoms with Gasteiger partial charge in [-0.25, -0.2) is 9.69 Å². The zero-order valence-electron chi connectivity index (χ0n) is 23.7. The normalized spacial score (nSPS) is 17.0. The van der Waals surface area contributed by atoms with E-state index in [9.17, 15) is 27.6 Å². The minimum absolute atomic E-state index is 0.0740. The van der Waals surface area contributed by atoms with Gasteiger partial charge >= 0.3 is 12.2 Å². The fourth-order valence-corrected chi connectivity index (χ4v) is 5.31. The summed E-state index contributed by atoms with van der Waals surface area (Å²) in [6.07, 6.45) is -2.11. The van der Waals surface area contributed by atoms with E-state index >= 15 is 0 Å². The number of anilines is 1. The molecule has 2 aliphatic heterocycles. The summed E-state index contributed by atoms with van der Waals surface area (Å²) >= 11 is 0. The van der Waals surface area contributed by atoms with Crippen LogP contribution in [0, 0.1) is 11.3 Å². The molecule has 1 unspecified atom stereocenters. The summed E-state index contributed by atoms with van der Waals surface area (Å²) in [5.74, 6) is -1.26. The van der Waals surface area contributed by atoms with E-state index in [2.05, 4.69) is 10.2 Å². The van der Waals surface area contributed by atoms with Crippen molar-refractivity contribution >= 4 is 23.5 Å². The SMILES string of the molecule is CC1=C(CCCCCN2CCN(C(=O)NC(C)c3ccccc3)CC2)C(=O)N(c2ccc(C#N)c(C(F)(F)F)c2)C1=O. The van der Waals surface area contributed by atoms with Crippen LogP contribution < -0.4 is 10.2 Å². The van der Waals surface area contributed by atoms with Crippen LogP contribution in [0.15, 0.2) is 59.7 Å². The van der Waals surface area contributed by atoms with Crippen LogP contribution in [0.2, 0.25) is 0 Å². The Morgan fingerprint density at radius 3 is 2.33 bits per heavy atom. The third-order valence-corrected chi connectivity index (χ3v) is 7.83. The van der Waals surface area contributed by atoms with Gasteiger partial charge in [-0.2, -0.15) is 18.4 Å². The Kier molecular flexibility index (Phi) is 9.68. The van der Waals surface area contributed by atoms with Crippen LogP contribution in [-0.4, -0.2) is 60.4 Å². The number of nitrogens with one attached hydrogen (secondary N) is 1. The van der Waals surface area contributed by atoms with Gasteiger partial charge in [0.1, 0.15) is 0 Å². The minimum atomic E-state index is -4.79. The number of carbonyl (C=O) groups excluding carboxylic acids is 3. The molecule has 0 spiro atoms. The first-order valence-corrected chi connectivity index (χ1v) is 14.0. The Balaban J connectivity index is 1.21. The van der Waals surface area contributed by atoms with Gasteiger partial charge < -0.3 is 10.2 Å². The fraction of sp³-hybridized carbons (Fsp3) is 0.419. The first-order chi connectivity index (χ1) is 20.0. The maximum atomic E-state index is 13.4. The lowest BCUT2D eigenvalue weighted by Crippen LogP contribution is -2.52. The number of urea groups is 1. The molecule has 4 rings (SSSR count). The average molecular weight is 582 g/mol. The zero-order valence-corrected chi connectivity index (χ0v) is 23.7.